The van der Waals surface area contributed by atoms with Crippen molar-refractivity contribution in [1.29, 1.82) is 5.39 Å². The van der Waals surface area contributed by atoms with Crippen molar-refractivity contribution in [3.8, 4) is 0 Å². The number of halogens is 1. The van der Waals surface area contributed by atoms with E-state index in [0.717, 1.165) is 4.90 Å². The van der Waals surface area contributed by atoms with Gasteiger partial charge in [-0.3, -0.25) is 0 Å². The summed E-state index contributed by atoms with van der Waals surface area (Å²) < 4.78 is 0. The van der Waals surface area contributed by atoms with E-state index in [1.165, 1.54) is 0 Å². The zero-order valence-corrected chi connectivity index (χ0v) is 10.1. The minimum absolute atomic E-state index is 0. The molecule has 2 rings (SSSR count). The van der Waals surface area contributed by atoms with E-state index in [9.17, 15) is 0 Å². The average molecular weight is 251 g/mol. The molecule has 82 valence electrons. The second kappa shape index (κ2) is 8.78. The van der Waals surface area contributed by atoms with Crippen molar-refractivity contribution in [2.45, 2.75) is 4.90 Å². The van der Waals surface area contributed by atoms with Gasteiger partial charge in [-0.15, -0.1) is 12.6 Å². The summed E-state index contributed by atoms with van der Waals surface area (Å²) in [7, 11) is 0. The molecule has 0 aliphatic heterocycles. The van der Waals surface area contributed by atoms with Gasteiger partial charge in [-0.1, -0.05) is 36.4 Å². The fourth-order valence-electron chi connectivity index (χ4n) is 0.904. The lowest BCUT2D eigenvalue weighted by molar-refractivity contribution is -0.00000316. The van der Waals surface area contributed by atoms with Gasteiger partial charge >= 0.3 is 5.69 Å². The molecule has 0 bridgehead atoms. The van der Waals surface area contributed by atoms with E-state index in [4.69, 9.17) is 5.39 Å². The molecule has 0 aromatic heterocycles. The van der Waals surface area contributed by atoms with E-state index < -0.39 is 0 Å². The predicted octanol–water partition coefficient (Wildman–Crippen LogP) is 1.15. The van der Waals surface area contributed by atoms with E-state index in [0.29, 0.717) is 5.69 Å². The van der Waals surface area contributed by atoms with Crippen LogP contribution in [-0.2, 0) is 0 Å². The SMILES string of the molecule is N#[N+]c1ccc(S)cc1.[Cl-].c1ccccc1. The number of hydrogen-bond acceptors (Lipinski definition) is 2. The van der Waals surface area contributed by atoms with E-state index >= 15 is 0 Å². The van der Waals surface area contributed by atoms with Crippen LogP contribution in [0.1, 0.15) is 0 Å². The largest absolute Gasteiger partial charge is 1.00 e. The van der Waals surface area contributed by atoms with Gasteiger partial charge in [0.1, 0.15) is 0 Å². The van der Waals surface area contributed by atoms with Gasteiger partial charge in [0.25, 0.3) is 0 Å². The molecule has 0 fully saturated rings. The van der Waals surface area contributed by atoms with Crippen molar-refractivity contribution in [2.24, 2.45) is 0 Å². The van der Waals surface area contributed by atoms with Crippen LogP contribution in [0.4, 0.5) is 5.69 Å². The van der Waals surface area contributed by atoms with Gasteiger partial charge in [-0.25, -0.2) is 0 Å². The maximum Gasteiger partial charge on any atom is 0.385 e. The third-order valence-corrected chi connectivity index (χ3v) is 1.93. The van der Waals surface area contributed by atoms with Crippen LogP contribution in [0.15, 0.2) is 65.6 Å². The Labute approximate surface area is 107 Å². The lowest BCUT2D eigenvalue weighted by Gasteiger charge is -1.80. The molecule has 0 saturated carbocycles. The monoisotopic (exact) mass is 250 g/mol. The van der Waals surface area contributed by atoms with E-state index in [2.05, 4.69) is 17.6 Å². The first-order chi connectivity index (χ1) is 7.33. The van der Waals surface area contributed by atoms with Gasteiger partial charge < -0.3 is 12.4 Å². The van der Waals surface area contributed by atoms with Gasteiger partial charge in [0.05, 0.1) is 0 Å². The first kappa shape index (κ1) is 14.5. The Morgan fingerprint density at radius 2 is 1.19 bits per heavy atom. The molecule has 0 spiro atoms. The molecule has 0 radical (unpaired) electrons. The summed E-state index contributed by atoms with van der Waals surface area (Å²) >= 11 is 4.05. The van der Waals surface area contributed by atoms with Crippen molar-refractivity contribution in [2.75, 3.05) is 0 Å². The highest BCUT2D eigenvalue weighted by atomic mass is 35.5. The maximum atomic E-state index is 8.23. The van der Waals surface area contributed by atoms with Gasteiger partial charge in [0, 0.05) is 17.0 Å². The first-order valence-corrected chi connectivity index (χ1v) is 4.92. The van der Waals surface area contributed by atoms with Crippen LogP contribution in [0.2, 0.25) is 0 Å². The Hall–Kier alpha value is -1.50. The number of diazo groups is 1. The number of benzene rings is 2. The molecule has 0 atom stereocenters. The molecular weight excluding hydrogens is 240 g/mol. The van der Waals surface area contributed by atoms with Crippen LogP contribution in [0, 0.1) is 5.39 Å². The molecule has 0 heterocycles. The quantitative estimate of drug-likeness (QED) is 0.552. The van der Waals surface area contributed by atoms with Crippen LogP contribution < -0.4 is 12.4 Å². The average Bonchev–Trinajstić information content (AvgIpc) is 2.33. The minimum atomic E-state index is 0. The molecule has 2 aromatic rings. The van der Waals surface area contributed by atoms with E-state index in [-0.39, 0.29) is 12.4 Å². The number of hydrogen-bond donors (Lipinski definition) is 1. The van der Waals surface area contributed by atoms with Crippen LogP contribution in [0.5, 0.6) is 0 Å². The molecular formula is C12H11ClN2S. The summed E-state index contributed by atoms with van der Waals surface area (Å²) in [6.07, 6.45) is 0. The van der Waals surface area contributed by atoms with Crippen LogP contribution in [0.25, 0.3) is 4.98 Å². The van der Waals surface area contributed by atoms with Crippen molar-refractivity contribution < 1.29 is 12.4 Å². The molecule has 16 heavy (non-hydrogen) atoms. The number of nitrogens with zero attached hydrogens (tertiary/aromatic N) is 2. The Kier molecular flexibility index (Phi) is 7.96. The molecule has 0 saturated heterocycles. The molecule has 0 unspecified atom stereocenters. The number of thiol groups is 1. The smallest absolute Gasteiger partial charge is 0.385 e. The van der Waals surface area contributed by atoms with E-state index in [1.54, 1.807) is 24.3 Å². The Morgan fingerprint density at radius 1 is 0.812 bits per heavy atom. The number of rotatable bonds is 0. The zero-order valence-electron chi connectivity index (χ0n) is 8.49. The fourth-order valence-corrected chi connectivity index (χ4v) is 1.05. The van der Waals surface area contributed by atoms with Crippen molar-refractivity contribution in [1.82, 2.24) is 0 Å². The lowest BCUT2D eigenvalue weighted by Crippen LogP contribution is -3.00. The fraction of sp³-hybridized carbons (Fsp3) is 0. The summed E-state index contributed by atoms with van der Waals surface area (Å²) in [6.45, 7) is 0. The summed E-state index contributed by atoms with van der Waals surface area (Å²) in [6, 6.07) is 18.9. The third kappa shape index (κ3) is 6.07. The molecule has 2 aromatic carbocycles. The van der Waals surface area contributed by atoms with Crippen LogP contribution in [0.3, 0.4) is 0 Å². The molecule has 2 nitrogen and oxygen atoms in total. The minimum Gasteiger partial charge on any atom is -1.00 e. The highest BCUT2D eigenvalue weighted by Gasteiger charge is 1.99. The summed E-state index contributed by atoms with van der Waals surface area (Å²) in [5.41, 5.74) is 0.549. The first-order valence-electron chi connectivity index (χ1n) is 4.47. The van der Waals surface area contributed by atoms with Gasteiger partial charge in [-0.2, -0.15) is 0 Å². The Morgan fingerprint density at radius 3 is 1.50 bits per heavy atom. The van der Waals surface area contributed by atoms with Gasteiger partial charge in [-0.05, 0) is 12.1 Å². The highest BCUT2D eigenvalue weighted by molar-refractivity contribution is 7.80. The van der Waals surface area contributed by atoms with Gasteiger partial charge in [0.2, 0.25) is 5.39 Å². The highest BCUT2D eigenvalue weighted by Crippen LogP contribution is 2.13. The standard InChI is InChI=1S/C6H4N2S.C6H6.ClH/c7-8-5-1-3-6(9)4-2-5;1-2-4-6-5-3-1;/h1-4H;1-6H;1H. The Bertz CT molecular complexity index is 396. The normalized spacial score (nSPS) is 7.75. The second-order valence-corrected chi connectivity index (χ2v) is 3.29. The van der Waals surface area contributed by atoms with E-state index in [1.807, 2.05) is 36.4 Å². The van der Waals surface area contributed by atoms with Crippen molar-refractivity contribution in [3.05, 3.63) is 65.6 Å². The molecule has 4 heteroatoms. The zero-order chi connectivity index (χ0) is 10.9. The maximum absolute atomic E-state index is 8.23. The predicted molar refractivity (Wildman–Crippen MR) is 64.9 cm³/mol. The van der Waals surface area contributed by atoms with Crippen molar-refractivity contribution in [3.63, 3.8) is 0 Å². The molecule has 0 N–H and O–H groups in total. The summed E-state index contributed by atoms with van der Waals surface area (Å²) in [5, 5.41) is 8.23. The van der Waals surface area contributed by atoms with Crippen LogP contribution >= 0.6 is 12.6 Å². The topological polar surface area (TPSA) is 28.1 Å². The second-order valence-electron chi connectivity index (χ2n) is 2.77. The van der Waals surface area contributed by atoms with Crippen molar-refractivity contribution >= 4 is 18.3 Å². The Balaban J connectivity index is 0.000000283. The summed E-state index contributed by atoms with van der Waals surface area (Å²) in [5.74, 6) is 0. The van der Waals surface area contributed by atoms with Crippen LogP contribution in [-0.4, -0.2) is 0 Å². The molecule has 0 amide bonds. The lowest BCUT2D eigenvalue weighted by atomic mass is 10.3. The summed E-state index contributed by atoms with van der Waals surface area (Å²) in [4.78, 5) is 3.84. The molecule has 0 aliphatic rings. The van der Waals surface area contributed by atoms with Gasteiger partial charge in [0.15, 0.2) is 4.98 Å². The molecule has 0 aliphatic carbocycles. The third-order valence-electron chi connectivity index (χ3n) is 1.63.